The van der Waals surface area contributed by atoms with Crippen molar-refractivity contribution < 1.29 is 19.1 Å². The zero-order chi connectivity index (χ0) is 21.3. The van der Waals surface area contributed by atoms with E-state index in [0.717, 1.165) is 0 Å². The lowest BCUT2D eigenvalue weighted by Gasteiger charge is -2.13. The molecule has 0 radical (unpaired) electrons. The van der Waals surface area contributed by atoms with Crippen LogP contribution in [0.3, 0.4) is 0 Å². The number of carbonyl (C=O) groups is 2. The fourth-order valence-electron chi connectivity index (χ4n) is 2.70. The van der Waals surface area contributed by atoms with Gasteiger partial charge in [-0.15, -0.1) is 0 Å². The van der Waals surface area contributed by atoms with Crippen LogP contribution in [-0.4, -0.2) is 32.1 Å². The van der Waals surface area contributed by atoms with Crippen molar-refractivity contribution in [2.75, 3.05) is 31.0 Å². The van der Waals surface area contributed by atoms with E-state index in [1.807, 2.05) is 18.2 Å². The van der Waals surface area contributed by atoms with Crippen LogP contribution in [0.2, 0.25) is 0 Å². The van der Waals surface area contributed by atoms with Crippen LogP contribution in [0.15, 0.2) is 77.3 Å². The number of hydrogen-bond donors (Lipinski definition) is 2. The van der Waals surface area contributed by atoms with Crippen LogP contribution in [0.1, 0.15) is 20.7 Å². The number of carbonyl (C=O) groups excluding carboxylic acids is 2. The molecule has 0 aromatic heterocycles. The number of amides is 2. The number of methoxy groups -OCH3 is 1. The highest BCUT2D eigenvalue weighted by atomic mass is 79.9. The van der Waals surface area contributed by atoms with Crippen molar-refractivity contribution in [2.24, 2.45) is 0 Å². The summed E-state index contributed by atoms with van der Waals surface area (Å²) in [6.45, 7) is 0.876. The van der Waals surface area contributed by atoms with Gasteiger partial charge in [0.2, 0.25) is 0 Å². The predicted octanol–water partition coefficient (Wildman–Crippen LogP) is 4.98. The average Bonchev–Trinajstić information content (AvgIpc) is 2.76. The SMILES string of the molecule is COCCOc1ccc(C(=O)Nc2ccccc2C(=O)Nc2ccccc2)cc1Br. The van der Waals surface area contributed by atoms with E-state index in [1.54, 1.807) is 61.7 Å². The first-order valence-corrected chi connectivity index (χ1v) is 10.1. The van der Waals surface area contributed by atoms with Crippen LogP contribution in [0.5, 0.6) is 5.75 Å². The van der Waals surface area contributed by atoms with E-state index in [2.05, 4.69) is 26.6 Å². The Hall–Kier alpha value is -3.16. The van der Waals surface area contributed by atoms with Crippen LogP contribution < -0.4 is 15.4 Å². The Morgan fingerprint density at radius 2 is 1.60 bits per heavy atom. The van der Waals surface area contributed by atoms with E-state index in [1.165, 1.54) is 0 Å². The second-order valence-electron chi connectivity index (χ2n) is 6.31. The molecule has 0 unspecified atom stereocenters. The number of halogens is 1. The van der Waals surface area contributed by atoms with E-state index in [9.17, 15) is 9.59 Å². The Morgan fingerprint density at radius 1 is 0.867 bits per heavy atom. The summed E-state index contributed by atoms with van der Waals surface area (Å²) >= 11 is 3.42. The maximum absolute atomic E-state index is 12.7. The summed E-state index contributed by atoms with van der Waals surface area (Å²) in [6.07, 6.45) is 0. The molecular weight excluding hydrogens is 448 g/mol. The molecule has 0 atom stereocenters. The molecule has 3 aromatic rings. The lowest BCUT2D eigenvalue weighted by Crippen LogP contribution is -2.18. The lowest BCUT2D eigenvalue weighted by molar-refractivity contribution is 0.102. The molecule has 2 N–H and O–H groups in total. The highest BCUT2D eigenvalue weighted by Gasteiger charge is 2.15. The van der Waals surface area contributed by atoms with Gasteiger partial charge in [0, 0.05) is 18.4 Å². The maximum atomic E-state index is 12.7. The third-order valence-electron chi connectivity index (χ3n) is 4.19. The molecule has 0 heterocycles. The molecule has 0 aliphatic heterocycles. The molecule has 0 aliphatic rings. The van der Waals surface area contributed by atoms with E-state index in [-0.39, 0.29) is 11.8 Å². The molecular formula is C23H21BrN2O4. The molecule has 2 amide bonds. The molecule has 154 valence electrons. The van der Waals surface area contributed by atoms with Crippen molar-refractivity contribution in [2.45, 2.75) is 0 Å². The number of ether oxygens (including phenoxy) is 2. The second kappa shape index (κ2) is 10.6. The van der Waals surface area contributed by atoms with Gasteiger partial charge in [0.05, 0.1) is 22.3 Å². The van der Waals surface area contributed by atoms with Gasteiger partial charge in [-0.3, -0.25) is 9.59 Å². The fourth-order valence-corrected chi connectivity index (χ4v) is 3.19. The molecule has 7 heteroatoms. The number of hydrogen-bond acceptors (Lipinski definition) is 4. The largest absolute Gasteiger partial charge is 0.490 e. The number of rotatable bonds is 8. The van der Waals surface area contributed by atoms with Gasteiger partial charge in [0.25, 0.3) is 11.8 Å². The van der Waals surface area contributed by atoms with E-state index >= 15 is 0 Å². The van der Waals surface area contributed by atoms with Gasteiger partial charge >= 0.3 is 0 Å². The fraction of sp³-hybridized carbons (Fsp3) is 0.130. The van der Waals surface area contributed by atoms with Crippen LogP contribution in [0, 0.1) is 0 Å². The summed E-state index contributed by atoms with van der Waals surface area (Å²) in [6, 6.07) is 21.0. The van der Waals surface area contributed by atoms with Crippen molar-refractivity contribution >= 4 is 39.1 Å². The zero-order valence-electron chi connectivity index (χ0n) is 16.4. The van der Waals surface area contributed by atoms with Crippen LogP contribution in [0.25, 0.3) is 0 Å². The van der Waals surface area contributed by atoms with Gasteiger partial charge in [-0.05, 0) is 58.4 Å². The van der Waals surface area contributed by atoms with Crippen molar-refractivity contribution in [3.8, 4) is 5.75 Å². The third kappa shape index (κ3) is 5.68. The molecule has 0 bridgehead atoms. The summed E-state index contributed by atoms with van der Waals surface area (Å²) in [7, 11) is 1.60. The Kier molecular flexibility index (Phi) is 7.59. The Labute approximate surface area is 183 Å². The van der Waals surface area contributed by atoms with Crippen LogP contribution >= 0.6 is 15.9 Å². The highest BCUT2D eigenvalue weighted by molar-refractivity contribution is 9.10. The first kappa shape index (κ1) is 21.5. The molecule has 0 spiro atoms. The highest BCUT2D eigenvalue weighted by Crippen LogP contribution is 2.27. The van der Waals surface area contributed by atoms with Crippen molar-refractivity contribution in [1.29, 1.82) is 0 Å². The van der Waals surface area contributed by atoms with Gasteiger partial charge < -0.3 is 20.1 Å². The Balaban J connectivity index is 1.73. The summed E-state index contributed by atoms with van der Waals surface area (Å²) in [5.74, 6) is -0.0227. The van der Waals surface area contributed by atoms with Gasteiger partial charge in [-0.25, -0.2) is 0 Å². The first-order valence-electron chi connectivity index (χ1n) is 9.26. The molecule has 0 aliphatic carbocycles. The molecule has 0 fully saturated rings. The van der Waals surface area contributed by atoms with Gasteiger partial charge in [-0.2, -0.15) is 0 Å². The first-order chi connectivity index (χ1) is 14.6. The monoisotopic (exact) mass is 468 g/mol. The average molecular weight is 469 g/mol. The van der Waals surface area contributed by atoms with Crippen LogP contribution in [-0.2, 0) is 4.74 Å². The van der Waals surface area contributed by atoms with E-state index < -0.39 is 0 Å². The Bertz CT molecular complexity index is 1020. The summed E-state index contributed by atoms with van der Waals surface area (Å²) in [4.78, 5) is 25.4. The summed E-state index contributed by atoms with van der Waals surface area (Å²) < 4.78 is 11.2. The molecule has 0 saturated carbocycles. The normalized spacial score (nSPS) is 10.3. The molecule has 3 aromatic carbocycles. The van der Waals surface area contributed by atoms with E-state index in [0.29, 0.717) is 45.9 Å². The topological polar surface area (TPSA) is 76.7 Å². The Morgan fingerprint density at radius 3 is 2.33 bits per heavy atom. The minimum Gasteiger partial charge on any atom is -0.490 e. The van der Waals surface area contributed by atoms with Gasteiger partial charge in [0.1, 0.15) is 12.4 Å². The molecule has 0 saturated heterocycles. The van der Waals surface area contributed by atoms with Crippen molar-refractivity contribution in [3.05, 3.63) is 88.4 Å². The number of benzene rings is 3. The quantitative estimate of drug-likeness (QED) is 0.457. The van der Waals surface area contributed by atoms with Crippen molar-refractivity contribution in [1.82, 2.24) is 0 Å². The standard InChI is InChI=1S/C23H21BrN2O4/c1-29-13-14-30-21-12-11-16(15-19(21)24)22(27)26-20-10-6-5-9-18(20)23(28)25-17-7-3-2-4-8-17/h2-12,15H,13-14H2,1H3,(H,25,28)(H,26,27). The summed E-state index contributed by atoms with van der Waals surface area (Å²) in [5, 5.41) is 5.64. The maximum Gasteiger partial charge on any atom is 0.257 e. The number of nitrogens with one attached hydrogen (secondary N) is 2. The van der Waals surface area contributed by atoms with Crippen LogP contribution in [0.4, 0.5) is 11.4 Å². The lowest BCUT2D eigenvalue weighted by atomic mass is 10.1. The van der Waals surface area contributed by atoms with Crippen molar-refractivity contribution in [3.63, 3.8) is 0 Å². The number of para-hydroxylation sites is 2. The van der Waals surface area contributed by atoms with Gasteiger partial charge in [-0.1, -0.05) is 30.3 Å². The molecule has 6 nitrogen and oxygen atoms in total. The van der Waals surface area contributed by atoms with E-state index in [4.69, 9.17) is 9.47 Å². The minimum absolute atomic E-state index is 0.305. The predicted molar refractivity (Wildman–Crippen MR) is 120 cm³/mol. The zero-order valence-corrected chi connectivity index (χ0v) is 17.9. The smallest absolute Gasteiger partial charge is 0.257 e. The minimum atomic E-state index is -0.334. The number of anilines is 2. The molecule has 3 rings (SSSR count). The second-order valence-corrected chi connectivity index (χ2v) is 7.16. The summed E-state index contributed by atoms with van der Waals surface area (Å²) in [5.41, 5.74) is 1.90. The molecule has 30 heavy (non-hydrogen) atoms. The third-order valence-corrected chi connectivity index (χ3v) is 4.81. The van der Waals surface area contributed by atoms with Gasteiger partial charge in [0.15, 0.2) is 0 Å².